The fourth-order valence-electron chi connectivity index (χ4n) is 2.09. The minimum absolute atomic E-state index is 0.166. The fraction of sp³-hybridized carbons (Fsp3) is 0.333. The molecule has 1 aliphatic carbocycles. The highest BCUT2D eigenvalue weighted by molar-refractivity contribution is 6.33. The van der Waals surface area contributed by atoms with Crippen molar-refractivity contribution in [3.05, 3.63) is 38.9 Å². The molecule has 20 heavy (non-hydrogen) atoms. The number of benzene rings is 1. The van der Waals surface area contributed by atoms with Crippen LogP contribution in [0.1, 0.15) is 29.6 Å². The summed E-state index contributed by atoms with van der Waals surface area (Å²) < 4.78 is 0. The highest BCUT2D eigenvalue weighted by atomic mass is 35.5. The second-order valence-corrected chi connectivity index (χ2v) is 5.00. The molecule has 1 fully saturated rings. The zero-order chi connectivity index (χ0) is 14.9. The Hall–Kier alpha value is -2.15. The smallest absolute Gasteiger partial charge is 0.329 e. The first-order chi connectivity index (χ1) is 9.37. The fourth-order valence-corrected chi connectivity index (χ4v) is 2.33. The first-order valence-electron chi connectivity index (χ1n) is 5.86. The average Bonchev–Trinajstić information content (AvgIpc) is 2.32. The van der Waals surface area contributed by atoms with Crippen LogP contribution in [0.3, 0.4) is 0 Å². The Morgan fingerprint density at radius 2 is 2.05 bits per heavy atom. The van der Waals surface area contributed by atoms with E-state index in [2.05, 4.69) is 5.32 Å². The van der Waals surface area contributed by atoms with Gasteiger partial charge in [-0.3, -0.25) is 14.9 Å². The molecule has 2 N–H and O–H groups in total. The third kappa shape index (κ3) is 2.32. The molecular weight excluding hydrogens is 288 g/mol. The van der Waals surface area contributed by atoms with Crippen LogP contribution in [-0.2, 0) is 4.79 Å². The maximum atomic E-state index is 12.1. The second-order valence-electron chi connectivity index (χ2n) is 4.59. The predicted molar refractivity (Wildman–Crippen MR) is 69.8 cm³/mol. The van der Waals surface area contributed by atoms with Gasteiger partial charge in [0.1, 0.15) is 16.1 Å². The lowest BCUT2D eigenvalue weighted by Gasteiger charge is -2.38. The number of hydrogen-bond donors (Lipinski definition) is 2. The molecule has 0 heterocycles. The van der Waals surface area contributed by atoms with Crippen molar-refractivity contribution in [1.82, 2.24) is 5.32 Å². The van der Waals surface area contributed by atoms with Gasteiger partial charge in [-0.05, 0) is 31.4 Å². The van der Waals surface area contributed by atoms with Crippen LogP contribution in [0.5, 0.6) is 0 Å². The molecule has 1 amide bonds. The summed E-state index contributed by atoms with van der Waals surface area (Å²) in [6.07, 6.45) is 1.30. The van der Waals surface area contributed by atoms with Crippen molar-refractivity contribution in [3.8, 4) is 0 Å². The predicted octanol–water partition coefficient (Wildman–Crippen LogP) is 1.99. The molecule has 1 aliphatic rings. The van der Waals surface area contributed by atoms with Gasteiger partial charge in [0.25, 0.3) is 5.91 Å². The quantitative estimate of drug-likeness (QED) is 0.652. The summed E-state index contributed by atoms with van der Waals surface area (Å²) >= 11 is 5.71. The molecule has 106 valence electrons. The van der Waals surface area contributed by atoms with Gasteiger partial charge in [0.15, 0.2) is 0 Å². The highest BCUT2D eigenvalue weighted by Gasteiger charge is 2.46. The zero-order valence-electron chi connectivity index (χ0n) is 10.3. The number of carboxylic acid groups (broad SMARTS) is 1. The molecular formula is C12H11ClN2O5. The summed E-state index contributed by atoms with van der Waals surface area (Å²) in [5, 5.41) is 22.3. The van der Waals surface area contributed by atoms with E-state index in [0.717, 1.165) is 0 Å². The van der Waals surface area contributed by atoms with Crippen molar-refractivity contribution in [2.75, 3.05) is 0 Å². The Labute approximate surface area is 118 Å². The number of rotatable bonds is 4. The van der Waals surface area contributed by atoms with E-state index in [1.54, 1.807) is 0 Å². The van der Waals surface area contributed by atoms with E-state index in [-0.39, 0.29) is 10.6 Å². The maximum absolute atomic E-state index is 12.1. The molecule has 0 aromatic heterocycles. The Morgan fingerprint density at radius 1 is 1.40 bits per heavy atom. The van der Waals surface area contributed by atoms with Crippen LogP contribution < -0.4 is 5.32 Å². The first kappa shape index (κ1) is 14.3. The van der Waals surface area contributed by atoms with Crippen molar-refractivity contribution in [2.24, 2.45) is 0 Å². The number of nitrogens with zero attached hydrogens (tertiary/aromatic N) is 1. The van der Waals surface area contributed by atoms with Crippen LogP contribution in [0.15, 0.2) is 18.2 Å². The molecule has 1 aromatic carbocycles. The minimum Gasteiger partial charge on any atom is -0.480 e. The molecule has 0 radical (unpaired) electrons. The number of nitrogens with one attached hydrogen (secondary N) is 1. The van der Waals surface area contributed by atoms with Gasteiger partial charge in [-0.2, -0.15) is 0 Å². The van der Waals surface area contributed by atoms with E-state index in [1.807, 2.05) is 0 Å². The highest BCUT2D eigenvalue weighted by Crippen LogP contribution is 2.34. The number of carboxylic acids is 1. The summed E-state index contributed by atoms with van der Waals surface area (Å²) in [4.78, 5) is 33.5. The van der Waals surface area contributed by atoms with Gasteiger partial charge in [-0.25, -0.2) is 4.79 Å². The van der Waals surface area contributed by atoms with Gasteiger partial charge >= 0.3 is 11.7 Å². The molecule has 0 spiro atoms. The number of para-hydroxylation sites is 1. The van der Waals surface area contributed by atoms with Crippen molar-refractivity contribution in [2.45, 2.75) is 24.8 Å². The van der Waals surface area contributed by atoms with E-state index in [1.165, 1.54) is 18.2 Å². The van der Waals surface area contributed by atoms with Crippen LogP contribution in [0.2, 0.25) is 5.02 Å². The number of carbonyl (C=O) groups excluding carboxylic acids is 1. The summed E-state index contributed by atoms with van der Waals surface area (Å²) in [6.45, 7) is 0. The number of halogens is 1. The number of hydrogen-bond acceptors (Lipinski definition) is 4. The molecule has 2 rings (SSSR count). The zero-order valence-corrected chi connectivity index (χ0v) is 11.0. The van der Waals surface area contributed by atoms with Gasteiger partial charge < -0.3 is 10.4 Å². The monoisotopic (exact) mass is 298 g/mol. The topological polar surface area (TPSA) is 110 Å². The van der Waals surface area contributed by atoms with E-state index < -0.39 is 28.0 Å². The Morgan fingerprint density at radius 3 is 2.50 bits per heavy atom. The number of amides is 1. The van der Waals surface area contributed by atoms with E-state index in [0.29, 0.717) is 19.3 Å². The SMILES string of the molecule is O=C(NC1(C(=O)O)CCC1)c1cccc(Cl)c1[N+](=O)[O-]. The summed E-state index contributed by atoms with van der Waals surface area (Å²) in [6, 6.07) is 3.94. The molecule has 0 bridgehead atoms. The summed E-state index contributed by atoms with van der Waals surface area (Å²) in [5.41, 5.74) is -2.09. The van der Waals surface area contributed by atoms with Crippen molar-refractivity contribution in [3.63, 3.8) is 0 Å². The lowest BCUT2D eigenvalue weighted by atomic mass is 9.76. The third-order valence-corrected chi connectivity index (χ3v) is 3.69. The molecule has 8 heteroatoms. The van der Waals surface area contributed by atoms with Gasteiger partial charge in [-0.1, -0.05) is 17.7 Å². The lowest BCUT2D eigenvalue weighted by molar-refractivity contribution is -0.385. The molecule has 0 unspecified atom stereocenters. The summed E-state index contributed by atoms with van der Waals surface area (Å²) in [7, 11) is 0. The largest absolute Gasteiger partial charge is 0.480 e. The number of nitro groups is 1. The maximum Gasteiger partial charge on any atom is 0.329 e. The Balaban J connectivity index is 2.33. The van der Waals surface area contributed by atoms with Crippen molar-refractivity contribution >= 4 is 29.2 Å². The summed E-state index contributed by atoms with van der Waals surface area (Å²) in [5.74, 6) is -1.94. The molecule has 0 saturated heterocycles. The first-order valence-corrected chi connectivity index (χ1v) is 6.24. The van der Waals surface area contributed by atoms with E-state index in [4.69, 9.17) is 16.7 Å². The normalized spacial score (nSPS) is 16.1. The minimum atomic E-state index is -1.33. The van der Waals surface area contributed by atoms with Crippen LogP contribution in [0, 0.1) is 10.1 Å². The Kier molecular flexibility index (Phi) is 3.63. The van der Waals surface area contributed by atoms with Gasteiger partial charge in [0, 0.05) is 0 Å². The Bertz CT molecular complexity index is 598. The van der Waals surface area contributed by atoms with E-state index in [9.17, 15) is 19.7 Å². The second kappa shape index (κ2) is 5.09. The van der Waals surface area contributed by atoms with Crippen molar-refractivity contribution < 1.29 is 19.6 Å². The number of nitro benzene ring substituents is 1. The van der Waals surface area contributed by atoms with Crippen LogP contribution in [-0.4, -0.2) is 27.4 Å². The molecule has 1 aromatic rings. The van der Waals surface area contributed by atoms with Gasteiger partial charge in [0.2, 0.25) is 0 Å². The van der Waals surface area contributed by atoms with Gasteiger partial charge in [-0.15, -0.1) is 0 Å². The van der Waals surface area contributed by atoms with Crippen LogP contribution in [0.25, 0.3) is 0 Å². The van der Waals surface area contributed by atoms with Crippen LogP contribution >= 0.6 is 11.6 Å². The average molecular weight is 299 g/mol. The molecule has 0 aliphatic heterocycles. The number of aliphatic carboxylic acids is 1. The van der Waals surface area contributed by atoms with Gasteiger partial charge in [0.05, 0.1) is 4.92 Å². The van der Waals surface area contributed by atoms with Crippen LogP contribution in [0.4, 0.5) is 5.69 Å². The standard InChI is InChI=1S/C12H11ClN2O5/c13-8-4-1-3-7(9(8)15(19)20)10(16)14-12(11(17)18)5-2-6-12/h1,3-4H,2,5-6H2,(H,14,16)(H,17,18). The molecule has 0 atom stereocenters. The number of carbonyl (C=O) groups is 2. The lowest BCUT2D eigenvalue weighted by Crippen LogP contribution is -2.59. The van der Waals surface area contributed by atoms with E-state index >= 15 is 0 Å². The molecule has 7 nitrogen and oxygen atoms in total. The molecule has 1 saturated carbocycles. The van der Waals surface area contributed by atoms with Crippen molar-refractivity contribution in [1.29, 1.82) is 0 Å². The third-order valence-electron chi connectivity index (χ3n) is 3.38.